The van der Waals surface area contributed by atoms with E-state index in [2.05, 4.69) is 18.7 Å². The molecule has 3 aromatic carbocycles. The Kier molecular flexibility index (Phi) is 6.07. The minimum absolute atomic E-state index is 0.134. The van der Waals surface area contributed by atoms with Gasteiger partial charge in [-0.3, -0.25) is 4.79 Å². The van der Waals surface area contributed by atoms with Crippen LogP contribution in [0.3, 0.4) is 0 Å². The first-order valence-electron chi connectivity index (χ1n) is 12.4. The normalized spacial score (nSPS) is 11.4. The molecule has 2 heterocycles. The molecule has 0 fully saturated rings. The van der Waals surface area contributed by atoms with Gasteiger partial charge in [0.05, 0.1) is 16.5 Å². The minimum Gasteiger partial charge on any atom is -0.478 e. The van der Waals surface area contributed by atoms with E-state index in [1.807, 2.05) is 55.1 Å². The zero-order valence-corrected chi connectivity index (χ0v) is 21.7. The SMILES string of the molecule is CCN(CC)c1ccc2c(-c3ccccc3C(=O)O)c3c(=O)n(C)c4cc(=[N+](C)C)ccc4c3oc2c1. The van der Waals surface area contributed by atoms with Crippen molar-refractivity contribution in [2.75, 3.05) is 32.1 Å². The molecule has 0 aliphatic rings. The van der Waals surface area contributed by atoms with E-state index in [0.717, 1.165) is 35.0 Å². The van der Waals surface area contributed by atoms with Gasteiger partial charge in [-0.1, -0.05) is 18.2 Å². The van der Waals surface area contributed by atoms with Crippen LogP contribution >= 0.6 is 0 Å². The third-order valence-corrected chi connectivity index (χ3v) is 7.10. The summed E-state index contributed by atoms with van der Waals surface area (Å²) in [7, 11) is 5.64. The Balaban J connectivity index is 2.05. The largest absolute Gasteiger partial charge is 0.478 e. The highest BCUT2D eigenvalue weighted by molar-refractivity contribution is 6.16. The van der Waals surface area contributed by atoms with Crippen LogP contribution in [0, 0.1) is 0 Å². The van der Waals surface area contributed by atoms with Gasteiger partial charge in [0, 0.05) is 60.4 Å². The van der Waals surface area contributed by atoms with Crippen molar-refractivity contribution in [1.29, 1.82) is 0 Å². The van der Waals surface area contributed by atoms with Crippen LogP contribution in [0.4, 0.5) is 5.69 Å². The molecular weight excluding hydrogens is 466 g/mol. The fraction of sp³-hybridized carbons (Fsp3) is 0.233. The first kappa shape index (κ1) is 24.3. The number of carboxylic acids is 1. The predicted molar refractivity (Wildman–Crippen MR) is 150 cm³/mol. The van der Waals surface area contributed by atoms with E-state index < -0.39 is 5.97 Å². The first-order chi connectivity index (χ1) is 17.8. The van der Waals surface area contributed by atoms with E-state index in [9.17, 15) is 14.7 Å². The lowest BCUT2D eigenvalue weighted by molar-refractivity contribution is 0.0697. The number of hydrogen-bond donors (Lipinski definition) is 1. The zero-order chi connectivity index (χ0) is 26.4. The van der Waals surface area contributed by atoms with Crippen molar-refractivity contribution in [3.63, 3.8) is 0 Å². The molecule has 2 aromatic heterocycles. The number of carbonyl (C=O) groups is 1. The number of anilines is 1. The van der Waals surface area contributed by atoms with Crippen LogP contribution in [0.25, 0.3) is 44.0 Å². The van der Waals surface area contributed by atoms with Crippen molar-refractivity contribution in [3.05, 3.63) is 81.9 Å². The molecule has 5 rings (SSSR count). The average molecular weight is 497 g/mol. The van der Waals surface area contributed by atoms with Crippen LogP contribution < -0.4 is 20.4 Å². The fourth-order valence-corrected chi connectivity index (χ4v) is 5.10. The summed E-state index contributed by atoms with van der Waals surface area (Å²) in [5.41, 5.74) is 3.73. The molecule has 0 aliphatic carbocycles. The lowest BCUT2D eigenvalue weighted by Gasteiger charge is -2.22. The van der Waals surface area contributed by atoms with Crippen LogP contribution in [-0.4, -0.2) is 42.8 Å². The number of nitrogens with zero attached hydrogens (tertiary/aromatic N) is 3. The summed E-state index contributed by atoms with van der Waals surface area (Å²) >= 11 is 0. The van der Waals surface area contributed by atoms with Gasteiger partial charge in [-0.25, -0.2) is 9.37 Å². The molecular formula is C30H30N3O4+. The number of hydrogen-bond acceptors (Lipinski definition) is 4. The standard InChI is InChI=1S/C30H29N3O4/c1-6-33(7-2)19-13-15-23-25(17-19)37-28-22-14-12-18(31(3)4)16-24(22)32(5)29(34)27(28)26(23)20-10-8-9-11-21(20)30(35)36/h8-17H,6-7H2,1-5H3/p+1. The third-order valence-electron chi connectivity index (χ3n) is 7.10. The first-order valence-corrected chi connectivity index (χ1v) is 12.4. The smallest absolute Gasteiger partial charge is 0.336 e. The van der Waals surface area contributed by atoms with Gasteiger partial charge in [0.25, 0.3) is 5.56 Å². The molecule has 5 aromatic rings. The molecule has 0 atom stereocenters. The Bertz CT molecular complexity index is 1840. The van der Waals surface area contributed by atoms with Crippen LogP contribution in [-0.2, 0) is 7.05 Å². The van der Waals surface area contributed by atoms with Crippen molar-refractivity contribution in [1.82, 2.24) is 9.14 Å². The summed E-state index contributed by atoms with van der Waals surface area (Å²) in [4.78, 5) is 28.4. The Labute approximate surface area is 214 Å². The Morgan fingerprint density at radius 3 is 2.38 bits per heavy atom. The number of pyridine rings is 1. The maximum absolute atomic E-state index is 13.9. The molecule has 0 radical (unpaired) electrons. The molecule has 0 aliphatic heterocycles. The van der Waals surface area contributed by atoms with Gasteiger partial charge in [-0.05, 0) is 43.7 Å². The van der Waals surface area contributed by atoms with Crippen molar-refractivity contribution in [2.24, 2.45) is 7.05 Å². The predicted octanol–water partition coefficient (Wildman–Crippen LogP) is 4.68. The van der Waals surface area contributed by atoms with Gasteiger partial charge in [0.15, 0.2) is 0 Å². The second-order valence-corrected chi connectivity index (χ2v) is 9.34. The van der Waals surface area contributed by atoms with Crippen LogP contribution in [0.2, 0.25) is 0 Å². The molecule has 7 nitrogen and oxygen atoms in total. The summed E-state index contributed by atoms with van der Waals surface area (Å²) < 4.78 is 10.1. The number of fused-ring (bicyclic) bond motifs is 4. The number of carboxylic acid groups (broad SMARTS) is 1. The zero-order valence-electron chi connectivity index (χ0n) is 21.7. The van der Waals surface area contributed by atoms with Crippen molar-refractivity contribution in [2.45, 2.75) is 13.8 Å². The highest BCUT2D eigenvalue weighted by atomic mass is 16.4. The quantitative estimate of drug-likeness (QED) is 0.217. The maximum Gasteiger partial charge on any atom is 0.336 e. The summed E-state index contributed by atoms with van der Waals surface area (Å²) in [6.45, 7) is 5.86. The van der Waals surface area contributed by atoms with Crippen molar-refractivity contribution >= 4 is 44.5 Å². The molecule has 0 amide bonds. The van der Waals surface area contributed by atoms with Gasteiger partial charge in [-0.15, -0.1) is 0 Å². The molecule has 1 N–H and O–H groups in total. The topological polar surface area (TPSA) is 78.7 Å². The van der Waals surface area contributed by atoms with E-state index in [0.29, 0.717) is 33.1 Å². The van der Waals surface area contributed by atoms with Crippen LogP contribution in [0.5, 0.6) is 0 Å². The molecule has 37 heavy (non-hydrogen) atoms. The third kappa shape index (κ3) is 3.87. The van der Waals surface area contributed by atoms with Gasteiger partial charge in [0.2, 0.25) is 5.36 Å². The molecule has 0 bridgehead atoms. The molecule has 7 heteroatoms. The summed E-state index contributed by atoms with van der Waals surface area (Å²) in [5.74, 6) is -1.05. The summed E-state index contributed by atoms with van der Waals surface area (Å²) in [6.07, 6.45) is 0. The minimum atomic E-state index is -1.05. The second-order valence-electron chi connectivity index (χ2n) is 9.34. The van der Waals surface area contributed by atoms with Crippen LogP contribution in [0.1, 0.15) is 24.2 Å². The Morgan fingerprint density at radius 1 is 1.00 bits per heavy atom. The maximum atomic E-state index is 13.9. The average Bonchev–Trinajstić information content (AvgIpc) is 2.90. The highest BCUT2D eigenvalue weighted by Crippen LogP contribution is 2.39. The van der Waals surface area contributed by atoms with E-state index in [1.165, 1.54) is 0 Å². The molecule has 0 saturated carbocycles. The summed E-state index contributed by atoms with van der Waals surface area (Å²) in [6, 6.07) is 18.6. The Hall–Kier alpha value is -4.39. The lowest BCUT2D eigenvalue weighted by Crippen LogP contribution is -2.24. The number of benzene rings is 3. The van der Waals surface area contributed by atoms with Crippen molar-refractivity contribution < 1.29 is 14.3 Å². The summed E-state index contributed by atoms with van der Waals surface area (Å²) in [5, 5.41) is 12.8. The number of aromatic carboxylic acids is 1. The fourth-order valence-electron chi connectivity index (χ4n) is 5.10. The van der Waals surface area contributed by atoms with E-state index >= 15 is 0 Å². The van der Waals surface area contributed by atoms with Gasteiger partial charge in [0.1, 0.15) is 25.3 Å². The Morgan fingerprint density at radius 2 is 1.70 bits per heavy atom. The number of aromatic nitrogens is 1. The number of aryl methyl sites for hydroxylation is 1. The van der Waals surface area contributed by atoms with Gasteiger partial charge in [-0.2, -0.15) is 0 Å². The monoisotopic (exact) mass is 496 g/mol. The van der Waals surface area contributed by atoms with E-state index in [4.69, 9.17) is 4.42 Å². The molecule has 0 saturated heterocycles. The lowest BCUT2D eigenvalue weighted by atomic mass is 9.93. The van der Waals surface area contributed by atoms with Gasteiger partial charge >= 0.3 is 5.97 Å². The van der Waals surface area contributed by atoms with Crippen LogP contribution in [0.15, 0.2) is 69.9 Å². The van der Waals surface area contributed by atoms with Gasteiger partial charge < -0.3 is 19.0 Å². The van der Waals surface area contributed by atoms with E-state index in [1.54, 1.807) is 35.9 Å². The molecule has 0 spiro atoms. The van der Waals surface area contributed by atoms with Crippen molar-refractivity contribution in [3.8, 4) is 11.1 Å². The van der Waals surface area contributed by atoms with E-state index in [-0.39, 0.29) is 11.1 Å². The molecule has 0 unspecified atom stereocenters. The molecule has 188 valence electrons. The second kappa shape index (κ2) is 9.24. The highest BCUT2D eigenvalue weighted by Gasteiger charge is 2.23. The number of rotatable bonds is 5.